The van der Waals surface area contributed by atoms with Crippen LogP contribution in [0.1, 0.15) is 54.6 Å². The van der Waals surface area contributed by atoms with E-state index in [0.29, 0.717) is 29.5 Å². The minimum absolute atomic E-state index is 0.250. The SMILES string of the molecule is CCC(C)c1ccccc1OC(C)C(=O)Nc1ccccc1C(=O)NCc1ccccc1. The number of hydrogen-bond donors (Lipinski definition) is 2. The van der Waals surface area contributed by atoms with Gasteiger partial charge in [0.1, 0.15) is 5.75 Å². The van der Waals surface area contributed by atoms with E-state index >= 15 is 0 Å². The quantitative estimate of drug-likeness (QED) is 0.469. The molecule has 0 fully saturated rings. The topological polar surface area (TPSA) is 67.4 Å². The molecule has 2 unspecified atom stereocenters. The van der Waals surface area contributed by atoms with Crippen molar-refractivity contribution in [3.8, 4) is 5.75 Å². The van der Waals surface area contributed by atoms with Crippen LogP contribution in [-0.2, 0) is 11.3 Å². The number of carbonyl (C=O) groups excluding carboxylic acids is 2. The predicted octanol–water partition coefficient (Wildman–Crippen LogP) is 5.54. The molecule has 3 rings (SSSR count). The molecule has 0 bridgehead atoms. The number of para-hydroxylation sites is 2. The van der Waals surface area contributed by atoms with Crippen LogP contribution in [0.3, 0.4) is 0 Å². The Kier molecular flexibility index (Phi) is 8.03. The normalized spacial score (nSPS) is 12.5. The lowest BCUT2D eigenvalue weighted by Gasteiger charge is -2.20. The van der Waals surface area contributed by atoms with Gasteiger partial charge in [-0.15, -0.1) is 0 Å². The third-order valence-corrected chi connectivity index (χ3v) is 5.46. The minimum atomic E-state index is -0.722. The van der Waals surface area contributed by atoms with Crippen molar-refractivity contribution in [2.45, 2.75) is 45.8 Å². The number of nitrogens with one attached hydrogen (secondary N) is 2. The highest BCUT2D eigenvalue weighted by Crippen LogP contribution is 2.29. The van der Waals surface area contributed by atoms with E-state index < -0.39 is 6.10 Å². The van der Waals surface area contributed by atoms with Crippen LogP contribution in [0.15, 0.2) is 78.9 Å². The summed E-state index contributed by atoms with van der Waals surface area (Å²) in [6.45, 7) is 6.38. The summed E-state index contributed by atoms with van der Waals surface area (Å²) in [6, 6.07) is 24.4. The molecule has 0 saturated heterocycles. The van der Waals surface area contributed by atoms with Crippen molar-refractivity contribution in [3.63, 3.8) is 0 Å². The molecule has 2 N–H and O–H groups in total. The van der Waals surface area contributed by atoms with Crippen LogP contribution in [0.4, 0.5) is 5.69 Å². The lowest BCUT2D eigenvalue weighted by atomic mass is 9.98. The Bertz CT molecular complexity index is 1050. The zero-order chi connectivity index (χ0) is 22.9. The standard InChI is InChI=1S/C27H30N2O3/c1-4-19(2)22-14-9-11-17-25(22)32-20(3)26(30)29-24-16-10-8-15-23(24)27(31)28-18-21-12-6-5-7-13-21/h5-17,19-20H,4,18H2,1-3H3,(H,28,31)(H,29,30). The highest BCUT2D eigenvalue weighted by Gasteiger charge is 2.20. The Morgan fingerprint density at radius 3 is 2.28 bits per heavy atom. The highest BCUT2D eigenvalue weighted by molar-refractivity contribution is 6.04. The second-order valence-electron chi connectivity index (χ2n) is 7.81. The molecule has 2 amide bonds. The van der Waals surface area contributed by atoms with Crippen molar-refractivity contribution in [3.05, 3.63) is 95.6 Å². The molecule has 0 aliphatic rings. The monoisotopic (exact) mass is 430 g/mol. The molecule has 0 spiro atoms. The summed E-state index contributed by atoms with van der Waals surface area (Å²) in [5.74, 6) is 0.474. The van der Waals surface area contributed by atoms with Crippen LogP contribution in [0.5, 0.6) is 5.75 Å². The van der Waals surface area contributed by atoms with E-state index in [4.69, 9.17) is 4.74 Å². The summed E-state index contributed by atoms with van der Waals surface area (Å²) in [5, 5.41) is 5.75. The van der Waals surface area contributed by atoms with Gasteiger partial charge < -0.3 is 15.4 Å². The maximum absolute atomic E-state index is 12.9. The molecule has 3 aromatic rings. The van der Waals surface area contributed by atoms with Crippen molar-refractivity contribution in [1.82, 2.24) is 5.32 Å². The Morgan fingerprint density at radius 1 is 0.875 bits per heavy atom. The van der Waals surface area contributed by atoms with Gasteiger partial charge in [-0.25, -0.2) is 0 Å². The first-order valence-corrected chi connectivity index (χ1v) is 11.0. The third-order valence-electron chi connectivity index (χ3n) is 5.46. The maximum Gasteiger partial charge on any atom is 0.265 e. The van der Waals surface area contributed by atoms with Crippen molar-refractivity contribution >= 4 is 17.5 Å². The maximum atomic E-state index is 12.9. The molecule has 2 atom stereocenters. The second kappa shape index (κ2) is 11.1. The molecule has 5 nitrogen and oxygen atoms in total. The summed E-state index contributed by atoms with van der Waals surface area (Å²) < 4.78 is 6.00. The smallest absolute Gasteiger partial charge is 0.265 e. The van der Waals surface area contributed by atoms with Crippen molar-refractivity contribution in [2.75, 3.05) is 5.32 Å². The number of carbonyl (C=O) groups is 2. The Hall–Kier alpha value is -3.60. The lowest BCUT2D eigenvalue weighted by molar-refractivity contribution is -0.122. The van der Waals surface area contributed by atoms with E-state index in [1.807, 2.05) is 54.6 Å². The van der Waals surface area contributed by atoms with Gasteiger partial charge in [0, 0.05) is 6.54 Å². The zero-order valence-corrected chi connectivity index (χ0v) is 18.8. The van der Waals surface area contributed by atoms with E-state index in [0.717, 1.165) is 17.5 Å². The van der Waals surface area contributed by atoms with Crippen molar-refractivity contribution < 1.29 is 14.3 Å². The fraction of sp³-hybridized carbons (Fsp3) is 0.259. The second-order valence-corrected chi connectivity index (χ2v) is 7.81. The van der Waals surface area contributed by atoms with E-state index in [1.165, 1.54) is 0 Å². The van der Waals surface area contributed by atoms with Crippen LogP contribution in [0.2, 0.25) is 0 Å². The summed E-state index contributed by atoms with van der Waals surface area (Å²) in [5.41, 5.74) is 2.94. The number of anilines is 1. The van der Waals surface area contributed by atoms with Gasteiger partial charge in [0.25, 0.3) is 11.8 Å². The molecule has 0 saturated carbocycles. The van der Waals surface area contributed by atoms with Crippen LogP contribution < -0.4 is 15.4 Å². The summed E-state index contributed by atoms with van der Waals surface area (Å²) in [4.78, 5) is 25.6. The predicted molar refractivity (Wildman–Crippen MR) is 128 cm³/mol. The lowest BCUT2D eigenvalue weighted by Crippen LogP contribution is -2.32. The van der Waals surface area contributed by atoms with E-state index in [1.54, 1.807) is 31.2 Å². The van der Waals surface area contributed by atoms with E-state index in [9.17, 15) is 9.59 Å². The number of hydrogen-bond acceptors (Lipinski definition) is 3. The summed E-state index contributed by atoms with van der Waals surface area (Å²) in [6.07, 6.45) is 0.257. The zero-order valence-electron chi connectivity index (χ0n) is 18.8. The average Bonchev–Trinajstić information content (AvgIpc) is 2.83. The first-order valence-electron chi connectivity index (χ1n) is 11.0. The Balaban J connectivity index is 1.67. The molecule has 0 aromatic heterocycles. The molecule has 0 radical (unpaired) electrons. The molecule has 166 valence electrons. The number of benzene rings is 3. The first-order chi connectivity index (χ1) is 15.5. The molecule has 0 heterocycles. The molecule has 0 aliphatic heterocycles. The minimum Gasteiger partial charge on any atom is -0.481 e. The first kappa shape index (κ1) is 23.1. The van der Waals surface area contributed by atoms with Crippen LogP contribution >= 0.6 is 0 Å². The molecule has 0 aliphatic carbocycles. The average molecular weight is 431 g/mol. The fourth-order valence-electron chi connectivity index (χ4n) is 3.36. The van der Waals surface area contributed by atoms with Gasteiger partial charge in [-0.05, 0) is 48.6 Å². The fourth-order valence-corrected chi connectivity index (χ4v) is 3.36. The highest BCUT2D eigenvalue weighted by atomic mass is 16.5. The third kappa shape index (κ3) is 5.97. The van der Waals surface area contributed by atoms with Crippen LogP contribution in [-0.4, -0.2) is 17.9 Å². The number of amides is 2. The van der Waals surface area contributed by atoms with E-state index in [-0.39, 0.29) is 11.8 Å². The molecule has 32 heavy (non-hydrogen) atoms. The van der Waals surface area contributed by atoms with Gasteiger partial charge in [-0.2, -0.15) is 0 Å². The molecular weight excluding hydrogens is 400 g/mol. The Morgan fingerprint density at radius 2 is 1.53 bits per heavy atom. The number of ether oxygens (including phenoxy) is 1. The van der Waals surface area contributed by atoms with Crippen molar-refractivity contribution in [2.24, 2.45) is 0 Å². The number of rotatable bonds is 9. The van der Waals surface area contributed by atoms with Crippen LogP contribution in [0.25, 0.3) is 0 Å². The summed E-state index contributed by atoms with van der Waals surface area (Å²) >= 11 is 0. The van der Waals surface area contributed by atoms with Crippen molar-refractivity contribution in [1.29, 1.82) is 0 Å². The Labute approximate surface area is 189 Å². The van der Waals surface area contributed by atoms with Gasteiger partial charge >= 0.3 is 0 Å². The van der Waals surface area contributed by atoms with E-state index in [2.05, 4.69) is 24.5 Å². The van der Waals surface area contributed by atoms with Gasteiger partial charge in [0.15, 0.2) is 6.10 Å². The van der Waals surface area contributed by atoms with Gasteiger partial charge in [0.2, 0.25) is 0 Å². The summed E-state index contributed by atoms with van der Waals surface area (Å²) in [7, 11) is 0. The van der Waals surface area contributed by atoms with Gasteiger partial charge in [0.05, 0.1) is 11.3 Å². The molecular formula is C27H30N2O3. The molecule has 3 aromatic carbocycles. The largest absolute Gasteiger partial charge is 0.481 e. The molecule has 5 heteroatoms. The van der Waals surface area contributed by atoms with Crippen LogP contribution in [0, 0.1) is 0 Å². The van der Waals surface area contributed by atoms with Gasteiger partial charge in [-0.1, -0.05) is 74.5 Å². The van der Waals surface area contributed by atoms with Gasteiger partial charge in [-0.3, -0.25) is 9.59 Å².